The van der Waals surface area contributed by atoms with Gasteiger partial charge in [0.1, 0.15) is 5.03 Å². The molecule has 26 heavy (non-hydrogen) atoms. The lowest BCUT2D eigenvalue weighted by molar-refractivity contribution is -0.129. The van der Waals surface area contributed by atoms with E-state index >= 15 is 0 Å². The van der Waals surface area contributed by atoms with Crippen molar-refractivity contribution < 1.29 is 14.3 Å². The maximum absolute atomic E-state index is 12.5. The third-order valence-electron chi connectivity index (χ3n) is 4.26. The quantitative estimate of drug-likeness (QED) is 0.786. The van der Waals surface area contributed by atoms with Gasteiger partial charge in [0, 0.05) is 17.1 Å². The number of rotatable bonds is 6. The number of ether oxygens (including phenoxy) is 1. The van der Waals surface area contributed by atoms with Crippen molar-refractivity contribution in [1.82, 2.24) is 10.3 Å². The summed E-state index contributed by atoms with van der Waals surface area (Å²) in [5.74, 6) is -0.795. The molecule has 1 aromatic carbocycles. The van der Waals surface area contributed by atoms with Gasteiger partial charge in [0.05, 0.1) is 5.56 Å². The lowest BCUT2D eigenvalue weighted by Crippen LogP contribution is -2.37. The van der Waals surface area contributed by atoms with Crippen LogP contribution in [0.2, 0.25) is 0 Å². The molecule has 0 bridgehead atoms. The Bertz CT molecular complexity index is 834. The fourth-order valence-electron chi connectivity index (χ4n) is 2.34. The largest absolute Gasteiger partial charge is 0.449 e. The van der Waals surface area contributed by atoms with Gasteiger partial charge in [-0.15, -0.1) is 0 Å². The third kappa shape index (κ3) is 4.64. The first kappa shape index (κ1) is 18.5. The maximum Gasteiger partial charge on any atom is 0.341 e. The highest BCUT2D eigenvalue weighted by atomic mass is 32.2. The second-order valence-corrected chi connectivity index (χ2v) is 7.60. The number of benzene rings is 1. The Kier molecular flexibility index (Phi) is 5.61. The zero-order valence-electron chi connectivity index (χ0n) is 15.1. The molecule has 2 aromatic rings. The molecule has 0 radical (unpaired) electrons. The van der Waals surface area contributed by atoms with E-state index in [-0.39, 0.29) is 11.9 Å². The van der Waals surface area contributed by atoms with Crippen LogP contribution in [-0.2, 0) is 9.53 Å². The summed E-state index contributed by atoms with van der Waals surface area (Å²) >= 11 is 1.41. The molecule has 3 rings (SSSR count). The van der Waals surface area contributed by atoms with Crippen molar-refractivity contribution in [3.8, 4) is 0 Å². The van der Waals surface area contributed by atoms with E-state index in [0.717, 1.165) is 17.7 Å². The van der Waals surface area contributed by atoms with Crippen LogP contribution in [0.4, 0.5) is 0 Å². The number of nitrogens with one attached hydrogen (secondary N) is 1. The highest BCUT2D eigenvalue weighted by Gasteiger charge is 2.28. The minimum absolute atomic E-state index is 0.234. The second-order valence-electron chi connectivity index (χ2n) is 6.53. The summed E-state index contributed by atoms with van der Waals surface area (Å²) < 4.78 is 5.34. The average molecular weight is 370 g/mol. The number of pyridine rings is 1. The van der Waals surface area contributed by atoms with E-state index in [0.29, 0.717) is 10.6 Å². The number of carbonyl (C=O) groups excluding carboxylic acids is 2. The van der Waals surface area contributed by atoms with Crippen molar-refractivity contribution in [2.75, 3.05) is 0 Å². The van der Waals surface area contributed by atoms with Gasteiger partial charge in [-0.3, -0.25) is 4.79 Å². The summed E-state index contributed by atoms with van der Waals surface area (Å²) in [7, 11) is 0. The zero-order chi connectivity index (χ0) is 18.7. The van der Waals surface area contributed by atoms with Gasteiger partial charge in [0.25, 0.3) is 5.91 Å². The Morgan fingerprint density at radius 3 is 2.69 bits per heavy atom. The van der Waals surface area contributed by atoms with Gasteiger partial charge in [0.15, 0.2) is 6.10 Å². The minimum Gasteiger partial charge on any atom is -0.449 e. The molecule has 1 N–H and O–H groups in total. The van der Waals surface area contributed by atoms with Gasteiger partial charge in [-0.25, -0.2) is 9.78 Å². The Balaban J connectivity index is 1.72. The van der Waals surface area contributed by atoms with Crippen LogP contribution in [-0.4, -0.2) is 29.0 Å². The number of hydrogen-bond acceptors (Lipinski definition) is 5. The number of amides is 1. The van der Waals surface area contributed by atoms with Crippen molar-refractivity contribution in [2.45, 2.75) is 55.7 Å². The molecular weight excluding hydrogens is 348 g/mol. The van der Waals surface area contributed by atoms with Gasteiger partial charge < -0.3 is 10.1 Å². The van der Waals surface area contributed by atoms with Crippen LogP contribution in [0, 0.1) is 13.8 Å². The van der Waals surface area contributed by atoms with E-state index in [2.05, 4.69) is 23.3 Å². The van der Waals surface area contributed by atoms with E-state index in [1.54, 1.807) is 25.3 Å². The highest BCUT2D eigenvalue weighted by Crippen LogP contribution is 2.30. The number of esters is 1. The van der Waals surface area contributed by atoms with Crippen LogP contribution in [0.1, 0.15) is 41.3 Å². The molecule has 1 aliphatic carbocycles. The van der Waals surface area contributed by atoms with Crippen molar-refractivity contribution in [1.29, 1.82) is 0 Å². The summed E-state index contributed by atoms with van der Waals surface area (Å²) in [6.07, 6.45) is 2.80. The molecule has 136 valence electrons. The summed E-state index contributed by atoms with van der Waals surface area (Å²) in [4.78, 5) is 29.9. The summed E-state index contributed by atoms with van der Waals surface area (Å²) in [5.41, 5.74) is 2.76. The number of carbonyl (C=O) groups is 2. The molecule has 1 aliphatic rings. The molecule has 1 fully saturated rings. The third-order valence-corrected chi connectivity index (χ3v) is 5.27. The van der Waals surface area contributed by atoms with Crippen LogP contribution < -0.4 is 5.32 Å². The van der Waals surface area contributed by atoms with E-state index in [9.17, 15) is 9.59 Å². The van der Waals surface area contributed by atoms with E-state index in [1.807, 2.05) is 19.1 Å². The molecule has 0 unspecified atom stereocenters. The normalized spacial score (nSPS) is 14.6. The van der Waals surface area contributed by atoms with Gasteiger partial charge in [-0.05, 0) is 69.0 Å². The second kappa shape index (κ2) is 7.91. The molecule has 1 atom stereocenters. The predicted octanol–water partition coefficient (Wildman–Crippen LogP) is 3.67. The fourth-order valence-corrected chi connectivity index (χ4v) is 3.31. The first-order valence-electron chi connectivity index (χ1n) is 8.65. The van der Waals surface area contributed by atoms with Crippen molar-refractivity contribution in [3.05, 3.63) is 53.2 Å². The molecular formula is C20H22N2O3S. The first-order valence-corrected chi connectivity index (χ1v) is 9.47. The summed E-state index contributed by atoms with van der Waals surface area (Å²) in [5, 5.41) is 3.40. The lowest BCUT2D eigenvalue weighted by Gasteiger charge is -2.14. The van der Waals surface area contributed by atoms with Crippen LogP contribution >= 0.6 is 11.8 Å². The number of nitrogens with zero attached hydrogens (tertiary/aromatic N) is 1. The van der Waals surface area contributed by atoms with Crippen molar-refractivity contribution >= 4 is 23.6 Å². The highest BCUT2D eigenvalue weighted by molar-refractivity contribution is 7.99. The molecule has 1 aromatic heterocycles. The zero-order valence-corrected chi connectivity index (χ0v) is 15.9. The van der Waals surface area contributed by atoms with E-state index in [4.69, 9.17) is 4.74 Å². The topological polar surface area (TPSA) is 68.3 Å². The molecule has 1 saturated carbocycles. The summed E-state index contributed by atoms with van der Waals surface area (Å²) in [6, 6.07) is 9.71. The number of hydrogen-bond donors (Lipinski definition) is 1. The number of aryl methyl sites for hydroxylation is 2. The molecule has 0 aliphatic heterocycles. The van der Waals surface area contributed by atoms with Gasteiger partial charge >= 0.3 is 5.97 Å². The van der Waals surface area contributed by atoms with Crippen LogP contribution in [0.3, 0.4) is 0 Å². The molecule has 0 spiro atoms. The molecule has 6 heteroatoms. The van der Waals surface area contributed by atoms with Gasteiger partial charge in [0.2, 0.25) is 0 Å². The first-order chi connectivity index (χ1) is 12.4. The number of aromatic nitrogens is 1. The smallest absolute Gasteiger partial charge is 0.341 e. The minimum atomic E-state index is -0.831. The standard InChI is InChI=1S/C20H22N2O3S/c1-12-6-9-16(11-13(12)2)26-19-17(5-4-10-21-19)20(24)25-14(3)18(23)22-15-7-8-15/h4-6,9-11,14-15H,7-8H2,1-3H3,(H,22,23)/t14-/m1/s1. The van der Waals surface area contributed by atoms with Gasteiger partial charge in [-0.1, -0.05) is 17.8 Å². The molecule has 0 saturated heterocycles. The molecule has 5 nitrogen and oxygen atoms in total. The predicted molar refractivity (Wildman–Crippen MR) is 100 cm³/mol. The lowest BCUT2D eigenvalue weighted by atomic mass is 10.1. The van der Waals surface area contributed by atoms with Gasteiger partial charge in [-0.2, -0.15) is 0 Å². The van der Waals surface area contributed by atoms with E-state index in [1.165, 1.54) is 22.9 Å². The van der Waals surface area contributed by atoms with Crippen molar-refractivity contribution in [3.63, 3.8) is 0 Å². The molecule has 1 amide bonds. The van der Waals surface area contributed by atoms with Crippen LogP contribution in [0.25, 0.3) is 0 Å². The average Bonchev–Trinajstić information content (AvgIpc) is 3.42. The SMILES string of the molecule is Cc1ccc(Sc2ncccc2C(=O)O[C@H](C)C(=O)NC2CC2)cc1C. The Labute approximate surface area is 157 Å². The Morgan fingerprint density at radius 2 is 2.00 bits per heavy atom. The van der Waals surface area contributed by atoms with Crippen LogP contribution in [0.5, 0.6) is 0 Å². The maximum atomic E-state index is 12.5. The Morgan fingerprint density at radius 1 is 1.23 bits per heavy atom. The fraction of sp³-hybridized carbons (Fsp3) is 0.350. The monoisotopic (exact) mass is 370 g/mol. The summed E-state index contributed by atoms with van der Waals surface area (Å²) in [6.45, 7) is 5.69. The van der Waals surface area contributed by atoms with Crippen LogP contribution in [0.15, 0.2) is 46.5 Å². The van der Waals surface area contributed by atoms with E-state index < -0.39 is 12.1 Å². The Hall–Kier alpha value is -2.34. The van der Waals surface area contributed by atoms with Crippen molar-refractivity contribution in [2.24, 2.45) is 0 Å². The molecule has 1 heterocycles.